The van der Waals surface area contributed by atoms with Crippen molar-refractivity contribution in [2.75, 3.05) is 20.1 Å². The molecule has 5 N–H and O–H groups in total. The fraction of sp³-hybridized carbons (Fsp3) is 0.833. The highest BCUT2D eigenvalue weighted by atomic mass is 16.6. The molecule has 3 atom stereocenters. The van der Waals surface area contributed by atoms with Crippen LogP contribution in [0.3, 0.4) is 0 Å². The Morgan fingerprint density at radius 3 is 2.05 bits per heavy atom. The molecule has 3 amide bonds. The van der Waals surface area contributed by atoms with Gasteiger partial charge in [-0.05, 0) is 97.4 Å². The van der Waals surface area contributed by atoms with Gasteiger partial charge >= 0.3 is 12.1 Å². The minimum absolute atomic E-state index is 0.0680. The van der Waals surface area contributed by atoms with E-state index in [1.807, 2.05) is 6.92 Å². The van der Waals surface area contributed by atoms with E-state index in [4.69, 9.17) is 9.47 Å². The lowest BCUT2D eigenvalue weighted by Crippen LogP contribution is -2.49. The number of carbonyl (C=O) groups is 5. The standard InChI is InChI=1S/C23H38N2O6.C6H13NO.CH5N/c1-14(2)30-21(28)19(7-6-16(4)26)25-20(27)13-24-22(29)31-23(5)11-17-8-15(3)9-18(10-17)12-23;1-3-4-5-7-6(2)8;1-2/h14-15,17-19H,6-13H2,1-5H3,(H,24,29)(H,25,27);3-5H2,1-2H3,(H,7,8);2H2,1H3. The van der Waals surface area contributed by atoms with Crippen LogP contribution in [-0.2, 0) is 28.7 Å². The Morgan fingerprint density at radius 1 is 0.976 bits per heavy atom. The molecular formula is C30H56N4O7. The molecule has 0 radical (unpaired) electrons. The number of unbranched alkanes of at least 4 members (excludes halogenated alkanes) is 1. The zero-order valence-electron chi connectivity index (χ0n) is 26.6. The SMILES string of the molecule is CC(=O)CCC(NC(=O)CNC(=O)OC1(C)CC2CC(C)CC(C2)C1)C(=O)OC(C)C.CCCCNC(C)=O.CN. The number of Topliss-reactive ketones (excluding diaryl/α,β-unsaturated/α-hetero) is 1. The summed E-state index contributed by atoms with van der Waals surface area (Å²) >= 11 is 0. The van der Waals surface area contributed by atoms with Crippen molar-refractivity contribution in [1.29, 1.82) is 0 Å². The van der Waals surface area contributed by atoms with Gasteiger partial charge in [0.1, 0.15) is 24.0 Å². The predicted molar refractivity (Wildman–Crippen MR) is 159 cm³/mol. The average Bonchev–Trinajstić information content (AvgIpc) is 2.85. The minimum Gasteiger partial charge on any atom is -0.461 e. The van der Waals surface area contributed by atoms with E-state index in [1.54, 1.807) is 13.8 Å². The summed E-state index contributed by atoms with van der Waals surface area (Å²) in [4.78, 5) is 58.3. The molecule has 0 saturated heterocycles. The summed E-state index contributed by atoms with van der Waals surface area (Å²) in [5, 5.41) is 7.74. The topological polar surface area (TPSA) is 166 Å². The van der Waals surface area contributed by atoms with Crippen LogP contribution >= 0.6 is 0 Å². The Labute approximate surface area is 246 Å². The number of rotatable bonds is 12. The fourth-order valence-corrected chi connectivity index (χ4v) is 5.63. The van der Waals surface area contributed by atoms with Gasteiger partial charge in [-0.1, -0.05) is 20.3 Å². The molecule has 2 rings (SSSR count). The van der Waals surface area contributed by atoms with Crippen molar-refractivity contribution in [2.24, 2.45) is 23.5 Å². The number of nitrogens with one attached hydrogen (secondary N) is 3. The Balaban J connectivity index is 0.00000138. The lowest BCUT2D eigenvalue weighted by molar-refractivity contribution is -0.151. The van der Waals surface area contributed by atoms with Crippen molar-refractivity contribution in [3.63, 3.8) is 0 Å². The molecule has 0 aromatic carbocycles. The Morgan fingerprint density at radius 2 is 1.56 bits per heavy atom. The Hall–Kier alpha value is -2.69. The van der Waals surface area contributed by atoms with Crippen LogP contribution in [0.1, 0.15) is 106 Å². The van der Waals surface area contributed by atoms with Crippen LogP contribution in [0.4, 0.5) is 4.79 Å². The van der Waals surface area contributed by atoms with E-state index in [0.29, 0.717) is 11.8 Å². The van der Waals surface area contributed by atoms with Crippen molar-refractivity contribution in [3.05, 3.63) is 0 Å². The molecule has 11 heteroatoms. The van der Waals surface area contributed by atoms with Crippen LogP contribution in [-0.4, -0.2) is 67.5 Å². The number of fused-ring (bicyclic) bond motifs is 2. The van der Waals surface area contributed by atoms with Crippen LogP contribution in [0.25, 0.3) is 0 Å². The number of carbonyl (C=O) groups excluding carboxylic acids is 5. The first kappa shape index (κ1) is 38.3. The van der Waals surface area contributed by atoms with Gasteiger partial charge < -0.3 is 36.0 Å². The van der Waals surface area contributed by atoms with Gasteiger partial charge in [0.05, 0.1) is 6.10 Å². The number of esters is 1. The highest BCUT2D eigenvalue weighted by Crippen LogP contribution is 2.47. The summed E-state index contributed by atoms with van der Waals surface area (Å²) in [6.07, 6.45) is 6.81. The van der Waals surface area contributed by atoms with Crippen molar-refractivity contribution in [3.8, 4) is 0 Å². The van der Waals surface area contributed by atoms with Gasteiger partial charge in [0, 0.05) is 19.9 Å². The number of amides is 3. The monoisotopic (exact) mass is 584 g/mol. The maximum absolute atomic E-state index is 12.3. The second-order valence-corrected chi connectivity index (χ2v) is 11.8. The first-order valence-corrected chi connectivity index (χ1v) is 15.0. The number of ketones is 1. The number of alkyl carbamates (subject to hydrolysis) is 1. The smallest absolute Gasteiger partial charge is 0.408 e. The van der Waals surface area contributed by atoms with E-state index in [2.05, 4.69) is 35.5 Å². The van der Waals surface area contributed by atoms with Gasteiger partial charge in [0.2, 0.25) is 11.8 Å². The van der Waals surface area contributed by atoms with E-state index in [-0.39, 0.29) is 37.2 Å². The molecule has 3 unspecified atom stereocenters. The third-order valence-corrected chi connectivity index (χ3v) is 6.97. The summed E-state index contributed by atoms with van der Waals surface area (Å²) in [5.74, 6) is 0.740. The summed E-state index contributed by atoms with van der Waals surface area (Å²) < 4.78 is 10.9. The lowest BCUT2D eigenvalue weighted by Gasteiger charge is -2.46. The zero-order chi connectivity index (χ0) is 31.6. The number of hydrogen-bond acceptors (Lipinski definition) is 8. The largest absolute Gasteiger partial charge is 0.461 e. The highest BCUT2D eigenvalue weighted by molar-refractivity contribution is 5.87. The first-order valence-electron chi connectivity index (χ1n) is 15.0. The van der Waals surface area contributed by atoms with Crippen LogP contribution < -0.4 is 21.7 Å². The first-order chi connectivity index (χ1) is 19.2. The van der Waals surface area contributed by atoms with Crippen LogP contribution in [0.5, 0.6) is 0 Å². The van der Waals surface area contributed by atoms with Gasteiger partial charge in [0.15, 0.2) is 0 Å². The zero-order valence-corrected chi connectivity index (χ0v) is 26.6. The van der Waals surface area contributed by atoms with Gasteiger partial charge in [-0.2, -0.15) is 0 Å². The Bertz CT molecular complexity index is 816. The fourth-order valence-electron chi connectivity index (χ4n) is 5.63. The van der Waals surface area contributed by atoms with E-state index in [1.165, 1.54) is 40.2 Å². The van der Waals surface area contributed by atoms with Crippen molar-refractivity contribution in [2.45, 2.75) is 124 Å². The molecule has 0 aromatic heterocycles. The minimum atomic E-state index is -0.936. The molecule has 0 aromatic rings. The molecule has 2 aliphatic carbocycles. The molecule has 0 heterocycles. The van der Waals surface area contributed by atoms with Crippen molar-refractivity contribution in [1.82, 2.24) is 16.0 Å². The predicted octanol–water partition coefficient (Wildman–Crippen LogP) is 3.62. The quantitative estimate of drug-likeness (QED) is 0.199. The van der Waals surface area contributed by atoms with Gasteiger partial charge in [-0.3, -0.25) is 9.59 Å². The Kier molecular flexibility index (Phi) is 18.9. The molecular weight excluding hydrogens is 528 g/mol. The van der Waals surface area contributed by atoms with Gasteiger partial charge in [-0.25, -0.2) is 9.59 Å². The summed E-state index contributed by atoms with van der Waals surface area (Å²) in [5.41, 5.74) is 3.99. The van der Waals surface area contributed by atoms with Crippen LogP contribution in [0, 0.1) is 17.8 Å². The summed E-state index contributed by atoms with van der Waals surface area (Å²) in [6, 6.07) is -0.936. The van der Waals surface area contributed by atoms with Crippen molar-refractivity contribution < 1.29 is 33.4 Å². The highest BCUT2D eigenvalue weighted by Gasteiger charge is 2.43. The molecule has 2 aliphatic rings. The van der Waals surface area contributed by atoms with E-state index in [0.717, 1.165) is 38.1 Å². The maximum atomic E-state index is 12.3. The molecule has 41 heavy (non-hydrogen) atoms. The molecule has 0 aliphatic heterocycles. The van der Waals surface area contributed by atoms with Gasteiger partial charge in [0.25, 0.3) is 0 Å². The van der Waals surface area contributed by atoms with E-state index < -0.39 is 29.6 Å². The third kappa shape index (κ3) is 17.7. The lowest BCUT2D eigenvalue weighted by atomic mass is 9.64. The third-order valence-electron chi connectivity index (χ3n) is 6.97. The number of nitrogens with two attached hydrogens (primary N) is 1. The summed E-state index contributed by atoms with van der Waals surface area (Å²) in [6.45, 7) is 13.2. The normalized spacial score (nSPS) is 23.3. The van der Waals surface area contributed by atoms with E-state index >= 15 is 0 Å². The molecule has 0 spiro atoms. The van der Waals surface area contributed by atoms with Crippen molar-refractivity contribution >= 4 is 29.7 Å². The van der Waals surface area contributed by atoms with Crippen LogP contribution in [0.2, 0.25) is 0 Å². The number of ether oxygens (including phenoxy) is 2. The maximum Gasteiger partial charge on any atom is 0.408 e. The average molecular weight is 585 g/mol. The van der Waals surface area contributed by atoms with Crippen LogP contribution in [0.15, 0.2) is 0 Å². The molecule has 2 saturated carbocycles. The molecule has 2 fully saturated rings. The summed E-state index contributed by atoms with van der Waals surface area (Å²) in [7, 11) is 1.50. The molecule has 238 valence electrons. The van der Waals surface area contributed by atoms with E-state index in [9.17, 15) is 24.0 Å². The second kappa shape index (κ2) is 20.2. The second-order valence-electron chi connectivity index (χ2n) is 11.8. The molecule has 2 bridgehead atoms. The van der Waals surface area contributed by atoms with Gasteiger partial charge in [-0.15, -0.1) is 0 Å². The number of hydrogen-bond donors (Lipinski definition) is 4. The molecule has 11 nitrogen and oxygen atoms in total.